The number of allylic oxidation sites excluding steroid dienone is 2. The molecule has 74 heavy (non-hydrogen) atoms. The second kappa shape index (κ2) is 21.9. The van der Waals surface area contributed by atoms with Crippen molar-refractivity contribution in [3.05, 3.63) is 198 Å². The highest BCUT2D eigenvalue weighted by atomic mass is 32.1. The fraction of sp³-hybridized carbons (Fsp3) is 0.344. The SMILES string of the molecule is C=CN(C(=C)c1cc(N2CCN(C(=C)CCC3CCC(Cc4cccc(-c5ccc(N6CCc7cccc(C(=C)Nc8nc9ccccc9s8)c7C6)nc5C)c4C)CC3)CC2)c(F)cc1C)C1CCC(=C)NC1=C. The van der Waals surface area contributed by atoms with Crippen molar-refractivity contribution in [1.82, 2.24) is 25.1 Å². The summed E-state index contributed by atoms with van der Waals surface area (Å²) in [7, 11) is 0. The van der Waals surface area contributed by atoms with Gasteiger partial charge in [-0.15, -0.1) is 0 Å². The van der Waals surface area contributed by atoms with Gasteiger partial charge in [-0.05, 0) is 160 Å². The number of aromatic nitrogens is 2. The average molecular weight is 1010 g/mol. The number of pyridine rings is 1. The number of aryl methyl sites for hydroxylation is 2. The topological polar surface area (TPSA) is 62.8 Å². The normalized spacial score (nSPS) is 19.0. The van der Waals surface area contributed by atoms with Gasteiger partial charge in [0.25, 0.3) is 0 Å². The van der Waals surface area contributed by atoms with Crippen LogP contribution in [0.1, 0.15) is 96.0 Å². The molecule has 2 N–H and O–H groups in total. The lowest BCUT2D eigenvalue weighted by molar-refractivity contribution is 0.250. The van der Waals surface area contributed by atoms with Crippen LogP contribution in [0.15, 0.2) is 148 Å². The van der Waals surface area contributed by atoms with Crippen LogP contribution < -0.4 is 20.4 Å². The van der Waals surface area contributed by atoms with Crippen molar-refractivity contribution in [1.29, 1.82) is 0 Å². The molecule has 2 saturated heterocycles. The number of para-hydroxylation sites is 1. The maximum Gasteiger partial charge on any atom is 0.188 e. The van der Waals surface area contributed by atoms with E-state index < -0.39 is 0 Å². The molecule has 0 radical (unpaired) electrons. The molecule has 8 nitrogen and oxygen atoms in total. The first-order valence-electron chi connectivity index (χ1n) is 26.8. The second-order valence-electron chi connectivity index (χ2n) is 21.2. The molecule has 382 valence electrons. The number of halogens is 1. The van der Waals surface area contributed by atoms with Crippen molar-refractivity contribution in [2.45, 2.75) is 97.6 Å². The first kappa shape index (κ1) is 50.6. The van der Waals surface area contributed by atoms with E-state index in [1.54, 1.807) is 23.6 Å². The van der Waals surface area contributed by atoms with Gasteiger partial charge in [0.2, 0.25) is 0 Å². The number of thiazole rings is 1. The number of hydrogen-bond acceptors (Lipinski definition) is 9. The molecule has 3 fully saturated rings. The van der Waals surface area contributed by atoms with Gasteiger partial charge >= 0.3 is 0 Å². The van der Waals surface area contributed by atoms with Crippen LogP contribution in [0.25, 0.3) is 32.7 Å². The standard InChI is InChI=1S/C64H73FN8S/c1-10-73(60-29-21-42(3)66-47(60)8)48(9)56-39-61(58(65)37-41(56)2)71-35-33-70(34-36-71)43(4)22-23-49-24-26-50(27-25-49)38-52-16-14-17-53(44(52)5)55-28-30-63(67-45(55)6)72-32-31-51-15-13-18-54(57(51)40-72)46(7)68-64-69-59-19-11-12-20-62(59)74-64/h10-20,28,30,37,39,49-50,60,66H,1,3-4,7-9,21-27,29,31-36,38,40H2,2,5-6H3,(H,68,69). The first-order chi connectivity index (χ1) is 35.8. The lowest BCUT2D eigenvalue weighted by Crippen LogP contribution is -2.46. The van der Waals surface area contributed by atoms with Gasteiger partial charge in [0.05, 0.1) is 21.9 Å². The highest BCUT2D eigenvalue weighted by Crippen LogP contribution is 2.39. The summed E-state index contributed by atoms with van der Waals surface area (Å²) >= 11 is 1.65. The van der Waals surface area contributed by atoms with Crippen LogP contribution in [-0.4, -0.2) is 58.5 Å². The summed E-state index contributed by atoms with van der Waals surface area (Å²) in [5.74, 6) is 2.25. The van der Waals surface area contributed by atoms with Gasteiger partial charge in [0, 0.05) is 90.1 Å². The average Bonchev–Trinajstić information content (AvgIpc) is 3.82. The maximum absolute atomic E-state index is 15.7. The lowest BCUT2D eigenvalue weighted by atomic mass is 9.77. The molecular formula is C64H73FN8S. The van der Waals surface area contributed by atoms with E-state index in [0.717, 1.165) is 144 Å². The van der Waals surface area contributed by atoms with Crippen LogP contribution in [0.5, 0.6) is 0 Å². The molecule has 0 spiro atoms. The number of nitrogens with zero attached hydrogens (tertiary/aromatic N) is 6. The number of fused-ring (bicyclic) bond motifs is 2. The number of hydrogen-bond donors (Lipinski definition) is 2. The zero-order valence-electron chi connectivity index (χ0n) is 43.9. The molecule has 4 aliphatic rings. The molecule has 1 saturated carbocycles. The maximum atomic E-state index is 15.7. The smallest absolute Gasteiger partial charge is 0.188 e. The molecule has 2 aromatic heterocycles. The number of piperidine rings is 1. The van der Waals surface area contributed by atoms with Crippen LogP contribution in [-0.2, 0) is 19.4 Å². The summed E-state index contributed by atoms with van der Waals surface area (Å²) in [6.07, 6.45) is 12.9. The van der Waals surface area contributed by atoms with E-state index in [4.69, 9.17) is 9.97 Å². The molecule has 0 bridgehead atoms. The fourth-order valence-electron chi connectivity index (χ4n) is 12.2. The Morgan fingerprint density at radius 1 is 0.811 bits per heavy atom. The van der Waals surface area contributed by atoms with Gasteiger partial charge < -0.3 is 30.2 Å². The molecular weight excluding hydrogens is 932 g/mol. The van der Waals surface area contributed by atoms with E-state index in [-0.39, 0.29) is 11.9 Å². The Morgan fingerprint density at radius 2 is 1.58 bits per heavy atom. The van der Waals surface area contributed by atoms with Crippen LogP contribution in [0.3, 0.4) is 0 Å². The molecule has 1 atom stereocenters. The fourth-order valence-corrected chi connectivity index (χ4v) is 13.0. The van der Waals surface area contributed by atoms with Crippen LogP contribution >= 0.6 is 11.3 Å². The van der Waals surface area contributed by atoms with Gasteiger partial charge in [0.15, 0.2) is 5.13 Å². The van der Waals surface area contributed by atoms with Crippen molar-refractivity contribution in [3.63, 3.8) is 0 Å². The van der Waals surface area contributed by atoms with Gasteiger partial charge in [-0.2, -0.15) is 0 Å². The Labute approximate surface area is 443 Å². The Bertz CT molecular complexity index is 3120. The Hall–Kier alpha value is -6.91. The van der Waals surface area contributed by atoms with Gasteiger partial charge in [0.1, 0.15) is 11.6 Å². The predicted octanol–water partition coefficient (Wildman–Crippen LogP) is 14.7. The Balaban J connectivity index is 0.698. The van der Waals surface area contributed by atoms with E-state index in [0.29, 0.717) is 11.6 Å². The second-order valence-corrected chi connectivity index (χ2v) is 22.3. The van der Waals surface area contributed by atoms with E-state index in [2.05, 4.69) is 150 Å². The van der Waals surface area contributed by atoms with Crippen LogP contribution in [0.2, 0.25) is 0 Å². The number of rotatable bonds is 16. The van der Waals surface area contributed by atoms with Gasteiger partial charge in [-0.3, -0.25) is 0 Å². The molecule has 1 aliphatic carbocycles. The Morgan fingerprint density at radius 3 is 2.34 bits per heavy atom. The van der Waals surface area contributed by atoms with E-state index in [9.17, 15) is 0 Å². The quantitative estimate of drug-likeness (QED) is 0.0994. The molecule has 6 aromatic rings. The molecule has 1 unspecified atom stereocenters. The zero-order chi connectivity index (χ0) is 51.6. The third-order valence-corrected chi connectivity index (χ3v) is 17.5. The molecule has 4 aromatic carbocycles. The van der Waals surface area contributed by atoms with Crippen LogP contribution in [0.4, 0.5) is 21.0 Å². The monoisotopic (exact) mass is 1000 g/mol. The third kappa shape index (κ3) is 10.7. The first-order valence-corrected chi connectivity index (χ1v) is 27.6. The van der Waals surface area contributed by atoms with Gasteiger partial charge in [-0.1, -0.05) is 112 Å². The number of piperazine rings is 1. The summed E-state index contributed by atoms with van der Waals surface area (Å²) in [5, 5.41) is 7.69. The van der Waals surface area contributed by atoms with Gasteiger partial charge in [-0.25, -0.2) is 14.4 Å². The van der Waals surface area contributed by atoms with Crippen molar-refractivity contribution < 1.29 is 4.39 Å². The molecule has 0 amide bonds. The summed E-state index contributed by atoms with van der Waals surface area (Å²) in [4.78, 5) is 19.1. The minimum atomic E-state index is -0.193. The number of benzene rings is 4. The third-order valence-electron chi connectivity index (χ3n) is 16.6. The molecule has 10 rings (SSSR count). The summed E-state index contributed by atoms with van der Waals surface area (Å²) < 4.78 is 16.8. The molecule has 10 heteroatoms. The van der Waals surface area contributed by atoms with Crippen LogP contribution in [0, 0.1) is 38.4 Å². The van der Waals surface area contributed by atoms with E-state index in [1.807, 2.05) is 19.1 Å². The van der Waals surface area contributed by atoms with E-state index >= 15 is 4.39 Å². The molecule has 3 aliphatic heterocycles. The van der Waals surface area contributed by atoms with Crippen molar-refractivity contribution in [2.24, 2.45) is 11.8 Å². The highest BCUT2D eigenvalue weighted by molar-refractivity contribution is 7.22. The summed E-state index contributed by atoms with van der Waals surface area (Å²) in [5.41, 5.74) is 18.3. The predicted molar refractivity (Wildman–Crippen MR) is 311 cm³/mol. The minimum absolute atomic E-state index is 0.00365. The largest absolute Gasteiger partial charge is 0.372 e. The number of nitrogens with one attached hydrogen (secondary N) is 2. The highest BCUT2D eigenvalue weighted by Gasteiger charge is 2.29. The Kier molecular flexibility index (Phi) is 15.0. The van der Waals surface area contributed by atoms with E-state index in [1.165, 1.54) is 71.2 Å². The minimum Gasteiger partial charge on any atom is -0.372 e. The van der Waals surface area contributed by atoms with Crippen molar-refractivity contribution in [3.8, 4) is 11.1 Å². The summed E-state index contributed by atoms with van der Waals surface area (Å²) in [6, 6.07) is 29.8. The zero-order valence-corrected chi connectivity index (χ0v) is 44.7. The van der Waals surface area contributed by atoms with Crippen molar-refractivity contribution in [2.75, 3.05) is 47.8 Å². The summed E-state index contributed by atoms with van der Waals surface area (Å²) in [6.45, 7) is 37.2. The molecule has 5 heterocycles. The number of anilines is 3. The lowest BCUT2D eigenvalue weighted by Gasteiger charge is -2.40. The van der Waals surface area contributed by atoms with Crippen molar-refractivity contribution >= 4 is 49.6 Å².